The molecular weight excluding hydrogens is 393 g/mol. The van der Waals surface area contributed by atoms with E-state index in [1.165, 1.54) is 0 Å². The van der Waals surface area contributed by atoms with Gasteiger partial charge in [-0.05, 0) is 58.3 Å². The third kappa shape index (κ3) is 3.33. The van der Waals surface area contributed by atoms with Crippen LogP contribution in [-0.4, -0.2) is 5.91 Å². The molecule has 3 aromatic rings. The van der Waals surface area contributed by atoms with Gasteiger partial charge >= 0.3 is 0 Å². The van der Waals surface area contributed by atoms with Crippen molar-refractivity contribution >= 4 is 45.5 Å². The molecule has 0 unspecified atom stereocenters. The molecule has 2 aromatic carbocycles. The Morgan fingerprint density at radius 3 is 2.62 bits per heavy atom. The number of benzene rings is 2. The summed E-state index contributed by atoms with van der Waals surface area (Å²) in [4.78, 5) is 13.5. The number of hydrogen-bond acceptors (Lipinski definition) is 2. The van der Waals surface area contributed by atoms with E-state index in [9.17, 15) is 4.79 Å². The van der Waals surface area contributed by atoms with Gasteiger partial charge in [-0.25, -0.2) is 0 Å². The molecule has 1 aromatic heterocycles. The largest absolute Gasteiger partial charge is 0.321 e. The zero-order chi connectivity index (χ0) is 14.7. The predicted molar refractivity (Wildman–Crippen MR) is 96.9 cm³/mol. The van der Waals surface area contributed by atoms with Gasteiger partial charge < -0.3 is 5.32 Å². The minimum atomic E-state index is -0.0856. The SMILES string of the molecule is O=C(Nc1ccccc1-c1cccs1)c1cccc(I)c1. The second kappa shape index (κ2) is 6.41. The maximum Gasteiger partial charge on any atom is 0.255 e. The van der Waals surface area contributed by atoms with E-state index in [0.29, 0.717) is 5.56 Å². The van der Waals surface area contributed by atoms with E-state index in [2.05, 4.69) is 34.0 Å². The van der Waals surface area contributed by atoms with Gasteiger partial charge in [0.05, 0.1) is 0 Å². The molecule has 104 valence electrons. The van der Waals surface area contributed by atoms with E-state index in [-0.39, 0.29) is 5.91 Å². The molecule has 0 atom stereocenters. The van der Waals surface area contributed by atoms with Gasteiger partial charge in [-0.3, -0.25) is 4.79 Å². The van der Waals surface area contributed by atoms with Crippen LogP contribution in [0.25, 0.3) is 10.4 Å². The third-order valence-corrected chi connectivity index (χ3v) is 4.62. The zero-order valence-corrected chi connectivity index (χ0v) is 14.0. The van der Waals surface area contributed by atoms with Crippen LogP contribution in [0.2, 0.25) is 0 Å². The highest BCUT2D eigenvalue weighted by molar-refractivity contribution is 14.1. The van der Waals surface area contributed by atoms with E-state index in [0.717, 1.165) is 19.7 Å². The molecule has 0 saturated carbocycles. The zero-order valence-electron chi connectivity index (χ0n) is 11.0. The topological polar surface area (TPSA) is 29.1 Å². The minimum absolute atomic E-state index is 0.0856. The van der Waals surface area contributed by atoms with Crippen molar-refractivity contribution in [1.29, 1.82) is 0 Å². The highest BCUT2D eigenvalue weighted by Crippen LogP contribution is 2.31. The Labute approximate surface area is 141 Å². The quantitative estimate of drug-likeness (QED) is 0.591. The number of nitrogens with one attached hydrogen (secondary N) is 1. The van der Waals surface area contributed by atoms with E-state index in [1.54, 1.807) is 11.3 Å². The molecule has 0 fully saturated rings. The maximum atomic E-state index is 12.4. The number of hydrogen-bond donors (Lipinski definition) is 1. The van der Waals surface area contributed by atoms with Crippen molar-refractivity contribution in [3.05, 3.63) is 75.2 Å². The first-order chi connectivity index (χ1) is 10.2. The third-order valence-electron chi connectivity index (χ3n) is 3.05. The number of anilines is 1. The molecule has 1 amide bonds. The Bertz CT molecular complexity index is 768. The highest BCUT2D eigenvalue weighted by Gasteiger charge is 2.10. The first-order valence-electron chi connectivity index (χ1n) is 6.44. The fraction of sp³-hybridized carbons (Fsp3) is 0. The number of thiophene rings is 1. The average Bonchev–Trinajstić information content (AvgIpc) is 3.02. The summed E-state index contributed by atoms with van der Waals surface area (Å²) in [5.74, 6) is -0.0856. The molecule has 0 aliphatic rings. The van der Waals surface area contributed by atoms with Gasteiger partial charge in [0, 0.05) is 25.3 Å². The Kier molecular flexibility index (Phi) is 4.36. The molecule has 0 bridgehead atoms. The number of carbonyl (C=O) groups is 1. The first kappa shape index (κ1) is 14.3. The summed E-state index contributed by atoms with van der Waals surface area (Å²) in [6, 6.07) is 19.5. The molecule has 0 saturated heterocycles. The van der Waals surface area contributed by atoms with Gasteiger partial charge in [-0.1, -0.05) is 30.3 Å². The van der Waals surface area contributed by atoms with Crippen molar-refractivity contribution in [2.24, 2.45) is 0 Å². The van der Waals surface area contributed by atoms with E-state index >= 15 is 0 Å². The normalized spacial score (nSPS) is 10.3. The number of amides is 1. The Balaban J connectivity index is 1.90. The van der Waals surface area contributed by atoms with Gasteiger partial charge in [-0.2, -0.15) is 0 Å². The Hall–Kier alpha value is -1.66. The van der Waals surface area contributed by atoms with Crippen molar-refractivity contribution in [1.82, 2.24) is 0 Å². The summed E-state index contributed by atoms with van der Waals surface area (Å²) in [7, 11) is 0. The number of halogens is 1. The molecule has 1 heterocycles. The lowest BCUT2D eigenvalue weighted by Gasteiger charge is -2.10. The van der Waals surface area contributed by atoms with Crippen LogP contribution < -0.4 is 5.32 Å². The lowest BCUT2D eigenvalue weighted by molar-refractivity contribution is 0.102. The van der Waals surface area contributed by atoms with Gasteiger partial charge in [-0.15, -0.1) is 11.3 Å². The monoisotopic (exact) mass is 405 g/mol. The van der Waals surface area contributed by atoms with Crippen LogP contribution in [0.1, 0.15) is 10.4 Å². The summed E-state index contributed by atoms with van der Waals surface area (Å²) in [6.45, 7) is 0. The van der Waals surface area contributed by atoms with E-state index < -0.39 is 0 Å². The standard InChI is InChI=1S/C17H12INOS/c18-13-6-3-5-12(11-13)17(20)19-15-8-2-1-7-14(15)16-9-4-10-21-16/h1-11H,(H,19,20). The molecule has 0 aliphatic heterocycles. The molecule has 0 spiro atoms. The summed E-state index contributed by atoms with van der Waals surface area (Å²) in [6.07, 6.45) is 0. The number of rotatable bonds is 3. The van der Waals surface area contributed by atoms with Crippen LogP contribution in [-0.2, 0) is 0 Å². The molecule has 3 rings (SSSR count). The molecule has 21 heavy (non-hydrogen) atoms. The van der Waals surface area contributed by atoms with Crippen LogP contribution >= 0.6 is 33.9 Å². The first-order valence-corrected chi connectivity index (χ1v) is 8.40. The Morgan fingerprint density at radius 2 is 1.86 bits per heavy atom. The van der Waals surface area contributed by atoms with Crippen molar-refractivity contribution in [3.63, 3.8) is 0 Å². The summed E-state index contributed by atoms with van der Waals surface area (Å²) in [5, 5.41) is 5.04. The van der Waals surface area contributed by atoms with Gasteiger partial charge in [0.25, 0.3) is 5.91 Å². The Morgan fingerprint density at radius 1 is 1.00 bits per heavy atom. The average molecular weight is 405 g/mol. The van der Waals surface area contributed by atoms with Crippen molar-refractivity contribution < 1.29 is 4.79 Å². The van der Waals surface area contributed by atoms with Crippen LogP contribution in [0.3, 0.4) is 0 Å². The van der Waals surface area contributed by atoms with Crippen LogP contribution in [0, 0.1) is 3.57 Å². The fourth-order valence-corrected chi connectivity index (χ4v) is 3.37. The molecule has 0 radical (unpaired) electrons. The lowest BCUT2D eigenvalue weighted by Crippen LogP contribution is -2.12. The smallest absolute Gasteiger partial charge is 0.255 e. The van der Waals surface area contributed by atoms with Gasteiger partial charge in [0.1, 0.15) is 0 Å². The van der Waals surface area contributed by atoms with Crippen LogP contribution in [0.4, 0.5) is 5.69 Å². The second-order valence-corrected chi connectivity index (χ2v) is 6.68. The van der Waals surface area contributed by atoms with Crippen molar-refractivity contribution in [3.8, 4) is 10.4 Å². The summed E-state index contributed by atoms with van der Waals surface area (Å²) >= 11 is 3.87. The fourth-order valence-electron chi connectivity index (χ4n) is 2.06. The lowest BCUT2D eigenvalue weighted by atomic mass is 10.1. The molecular formula is C17H12INOS. The highest BCUT2D eigenvalue weighted by atomic mass is 127. The van der Waals surface area contributed by atoms with Crippen LogP contribution in [0.5, 0.6) is 0 Å². The van der Waals surface area contributed by atoms with Gasteiger partial charge in [0.2, 0.25) is 0 Å². The summed E-state index contributed by atoms with van der Waals surface area (Å²) < 4.78 is 1.05. The molecule has 4 heteroatoms. The van der Waals surface area contributed by atoms with E-state index in [1.807, 2.05) is 60.0 Å². The minimum Gasteiger partial charge on any atom is -0.321 e. The maximum absolute atomic E-state index is 12.4. The van der Waals surface area contributed by atoms with Crippen LogP contribution in [0.15, 0.2) is 66.0 Å². The summed E-state index contributed by atoms with van der Waals surface area (Å²) in [5.41, 5.74) is 2.55. The van der Waals surface area contributed by atoms with Gasteiger partial charge in [0.15, 0.2) is 0 Å². The van der Waals surface area contributed by atoms with E-state index in [4.69, 9.17) is 0 Å². The predicted octanol–water partition coefficient (Wildman–Crippen LogP) is 5.27. The van der Waals surface area contributed by atoms with Crippen molar-refractivity contribution in [2.75, 3.05) is 5.32 Å². The second-order valence-electron chi connectivity index (χ2n) is 4.49. The molecule has 2 nitrogen and oxygen atoms in total. The number of para-hydroxylation sites is 1. The molecule has 0 aliphatic carbocycles. The number of carbonyl (C=O) groups excluding carboxylic acids is 1. The molecule has 1 N–H and O–H groups in total. The van der Waals surface area contributed by atoms with Crippen molar-refractivity contribution in [2.45, 2.75) is 0 Å².